The molecule has 3 aliphatic rings. The van der Waals surface area contributed by atoms with Gasteiger partial charge in [-0.15, -0.1) is 12.4 Å². The van der Waals surface area contributed by atoms with E-state index in [1.807, 2.05) is 0 Å². The molecular formula is C20H29ClN2O. The van der Waals surface area contributed by atoms with E-state index in [1.165, 1.54) is 37.7 Å². The van der Waals surface area contributed by atoms with Crippen LogP contribution >= 0.6 is 12.4 Å². The second-order valence-corrected chi connectivity index (χ2v) is 8.06. The summed E-state index contributed by atoms with van der Waals surface area (Å²) in [6.45, 7) is 0.799. The molecule has 3 aliphatic carbocycles. The number of amides is 1. The topological polar surface area (TPSA) is 55.1 Å². The van der Waals surface area contributed by atoms with Gasteiger partial charge in [-0.2, -0.15) is 0 Å². The van der Waals surface area contributed by atoms with Gasteiger partial charge >= 0.3 is 0 Å². The summed E-state index contributed by atoms with van der Waals surface area (Å²) in [5.74, 6) is 1.61. The van der Waals surface area contributed by atoms with Crippen molar-refractivity contribution >= 4 is 18.3 Å². The maximum Gasteiger partial charge on any atom is 0.223 e. The SMILES string of the molecule is Cl.NC1C2CCCC1CC(C(=O)NCC1(c3ccccc3)CC1)C2. The second kappa shape index (κ2) is 7.05. The first-order valence-corrected chi connectivity index (χ1v) is 9.27. The maximum atomic E-state index is 12.7. The van der Waals surface area contributed by atoms with E-state index in [-0.39, 0.29) is 29.6 Å². The molecule has 3 nitrogen and oxygen atoms in total. The van der Waals surface area contributed by atoms with Crippen molar-refractivity contribution in [3.63, 3.8) is 0 Å². The molecule has 3 fully saturated rings. The van der Waals surface area contributed by atoms with Crippen LogP contribution in [0.3, 0.4) is 0 Å². The minimum absolute atomic E-state index is 0. The van der Waals surface area contributed by atoms with Crippen molar-refractivity contribution in [2.75, 3.05) is 6.54 Å². The summed E-state index contributed by atoms with van der Waals surface area (Å²) < 4.78 is 0. The van der Waals surface area contributed by atoms with Gasteiger partial charge in [0.05, 0.1) is 0 Å². The molecule has 2 unspecified atom stereocenters. The number of hydrogen-bond acceptors (Lipinski definition) is 2. The molecule has 4 rings (SSSR count). The molecule has 1 aromatic rings. The highest BCUT2D eigenvalue weighted by Gasteiger charge is 2.45. The van der Waals surface area contributed by atoms with Gasteiger partial charge in [-0.25, -0.2) is 0 Å². The lowest BCUT2D eigenvalue weighted by Crippen LogP contribution is -2.49. The van der Waals surface area contributed by atoms with E-state index in [0.717, 1.165) is 19.4 Å². The van der Waals surface area contributed by atoms with Crippen molar-refractivity contribution in [1.82, 2.24) is 5.32 Å². The molecule has 1 aromatic carbocycles. The van der Waals surface area contributed by atoms with E-state index < -0.39 is 0 Å². The fourth-order valence-electron chi connectivity index (χ4n) is 4.91. The predicted molar refractivity (Wildman–Crippen MR) is 99.1 cm³/mol. The summed E-state index contributed by atoms with van der Waals surface area (Å²) in [6.07, 6.45) is 8.12. The van der Waals surface area contributed by atoms with Crippen LogP contribution < -0.4 is 11.1 Å². The van der Waals surface area contributed by atoms with Gasteiger partial charge in [0.1, 0.15) is 0 Å². The highest BCUT2D eigenvalue weighted by molar-refractivity contribution is 5.85. The number of carbonyl (C=O) groups excluding carboxylic acids is 1. The average molecular weight is 349 g/mol. The Kier molecular flexibility index (Phi) is 5.22. The molecular weight excluding hydrogens is 320 g/mol. The number of hydrogen-bond donors (Lipinski definition) is 2. The van der Waals surface area contributed by atoms with Crippen molar-refractivity contribution in [3.05, 3.63) is 35.9 Å². The molecule has 24 heavy (non-hydrogen) atoms. The lowest BCUT2D eigenvalue weighted by atomic mass is 9.65. The third kappa shape index (κ3) is 3.34. The fraction of sp³-hybridized carbons (Fsp3) is 0.650. The third-order valence-electron chi connectivity index (χ3n) is 6.62. The molecule has 0 aromatic heterocycles. The average Bonchev–Trinajstić information content (AvgIpc) is 3.34. The zero-order chi connectivity index (χ0) is 15.9. The molecule has 2 atom stereocenters. The van der Waals surface area contributed by atoms with Gasteiger partial charge in [0, 0.05) is 23.9 Å². The third-order valence-corrected chi connectivity index (χ3v) is 6.62. The number of rotatable bonds is 4. The van der Waals surface area contributed by atoms with Crippen molar-refractivity contribution in [2.24, 2.45) is 23.5 Å². The van der Waals surface area contributed by atoms with E-state index >= 15 is 0 Å². The standard InChI is InChI=1S/C20H28N2O.ClH/c21-18-14-5-4-6-15(18)12-16(11-14)19(23)22-13-20(9-10-20)17-7-2-1-3-8-17;/h1-3,7-8,14-16,18H,4-6,9-13,21H2,(H,22,23);1H. The molecule has 0 saturated heterocycles. The van der Waals surface area contributed by atoms with Gasteiger partial charge in [0.25, 0.3) is 0 Å². The molecule has 2 bridgehead atoms. The van der Waals surface area contributed by atoms with Crippen LogP contribution in [0.2, 0.25) is 0 Å². The first-order valence-electron chi connectivity index (χ1n) is 9.27. The number of benzene rings is 1. The van der Waals surface area contributed by atoms with Crippen molar-refractivity contribution in [2.45, 2.75) is 56.4 Å². The van der Waals surface area contributed by atoms with Crippen molar-refractivity contribution in [1.29, 1.82) is 0 Å². The Labute approximate surface area is 151 Å². The van der Waals surface area contributed by atoms with E-state index in [1.54, 1.807) is 0 Å². The summed E-state index contributed by atoms with van der Waals surface area (Å²) >= 11 is 0. The molecule has 3 saturated carbocycles. The normalized spacial score (nSPS) is 33.2. The van der Waals surface area contributed by atoms with Crippen LogP contribution in [0.1, 0.15) is 50.5 Å². The van der Waals surface area contributed by atoms with Crippen LogP contribution in [-0.2, 0) is 10.2 Å². The van der Waals surface area contributed by atoms with Crippen LogP contribution in [0, 0.1) is 17.8 Å². The summed E-state index contributed by atoms with van der Waals surface area (Å²) in [5.41, 5.74) is 7.93. The van der Waals surface area contributed by atoms with Gasteiger partial charge in [0.2, 0.25) is 5.91 Å². The first-order chi connectivity index (χ1) is 11.2. The molecule has 132 valence electrons. The van der Waals surface area contributed by atoms with Gasteiger partial charge in [-0.3, -0.25) is 4.79 Å². The second-order valence-electron chi connectivity index (χ2n) is 8.06. The van der Waals surface area contributed by atoms with E-state index in [9.17, 15) is 4.79 Å². The molecule has 4 heteroatoms. The summed E-state index contributed by atoms with van der Waals surface area (Å²) in [5, 5.41) is 3.28. The maximum absolute atomic E-state index is 12.7. The van der Waals surface area contributed by atoms with Gasteiger partial charge in [-0.1, -0.05) is 36.8 Å². The zero-order valence-corrected chi connectivity index (χ0v) is 15.1. The monoisotopic (exact) mass is 348 g/mol. The van der Waals surface area contributed by atoms with E-state index in [4.69, 9.17) is 5.73 Å². The molecule has 0 aliphatic heterocycles. The summed E-state index contributed by atoms with van der Waals surface area (Å²) in [6, 6.07) is 11.0. The molecule has 0 radical (unpaired) electrons. The lowest BCUT2D eigenvalue weighted by molar-refractivity contribution is -0.128. The number of nitrogens with two attached hydrogens (primary N) is 1. The largest absolute Gasteiger partial charge is 0.355 e. The minimum atomic E-state index is 0. The van der Waals surface area contributed by atoms with E-state index in [0.29, 0.717) is 17.9 Å². The van der Waals surface area contributed by atoms with Gasteiger partial charge < -0.3 is 11.1 Å². The Morgan fingerprint density at radius 2 is 1.75 bits per heavy atom. The molecule has 1 amide bonds. The van der Waals surface area contributed by atoms with Gasteiger partial charge in [0.15, 0.2) is 0 Å². The summed E-state index contributed by atoms with van der Waals surface area (Å²) in [7, 11) is 0. The quantitative estimate of drug-likeness (QED) is 0.876. The van der Waals surface area contributed by atoms with Gasteiger partial charge in [-0.05, 0) is 55.9 Å². The van der Waals surface area contributed by atoms with Crippen molar-refractivity contribution < 1.29 is 4.79 Å². The van der Waals surface area contributed by atoms with Crippen LogP contribution in [0.25, 0.3) is 0 Å². The van der Waals surface area contributed by atoms with Crippen molar-refractivity contribution in [3.8, 4) is 0 Å². The highest BCUT2D eigenvalue weighted by Crippen LogP contribution is 2.48. The fourth-order valence-corrected chi connectivity index (χ4v) is 4.91. The summed E-state index contributed by atoms with van der Waals surface area (Å²) in [4.78, 5) is 12.7. The Morgan fingerprint density at radius 3 is 2.33 bits per heavy atom. The Bertz CT molecular complexity index is 558. The van der Waals surface area contributed by atoms with E-state index in [2.05, 4.69) is 35.6 Å². The molecule has 0 spiro atoms. The van der Waals surface area contributed by atoms with Crippen LogP contribution in [0.5, 0.6) is 0 Å². The zero-order valence-electron chi connectivity index (χ0n) is 14.2. The smallest absolute Gasteiger partial charge is 0.223 e. The molecule has 3 N–H and O–H groups in total. The Balaban J connectivity index is 0.00000169. The number of carbonyl (C=O) groups is 1. The number of halogens is 1. The number of fused-ring (bicyclic) bond motifs is 2. The Hall–Kier alpha value is -1.06. The highest BCUT2D eigenvalue weighted by atomic mass is 35.5. The lowest BCUT2D eigenvalue weighted by Gasteiger charge is -2.43. The van der Waals surface area contributed by atoms with Crippen LogP contribution in [-0.4, -0.2) is 18.5 Å². The Morgan fingerprint density at radius 1 is 1.12 bits per heavy atom. The van der Waals surface area contributed by atoms with Crippen LogP contribution in [0.4, 0.5) is 0 Å². The minimum Gasteiger partial charge on any atom is -0.355 e. The molecule has 0 heterocycles. The first kappa shape index (κ1) is 17.8. The number of nitrogens with one attached hydrogen (secondary N) is 1. The van der Waals surface area contributed by atoms with Crippen LogP contribution in [0.15, 0.2) is 30.3 Å². The predicted octanol–water partition coefficient (Wildman–Crippen LogP) is 3.41.